The highest BCUT2D eigenvalue weighted by Crippen LogP contribution is 2.22. The highest BCUT2D eigenvalue weighted by molar-refractivity contribution is 5.69. The smallest absolute Gasteiger partial charge is 0.306 e. The Morgan fingerprint density at radius 2 is 1.38 bits per heavy atom. The van der Waals surface area contributed by atoms with Gasteiger partial charge in [0, 0.05) is 12.8 Å². The van der Waals surface area contributed by atoms with Gasteiger partial charge in [-0.2, -0.15) is 0 Å². The standard InChI is InChI=1S/C26H50O3/c1-21(2)11-7-12-22(3)13-8-14-23(4)15-9-16-24(5)17-10-18-26(28)29-20-19-25(6)27/h17,21-23,25,27H,7-16,18-20H2,1-6H3/b24-17+. The van der Waals surface area contributed by atoms with Gasteiger partial charge in [0.1, 0.15) is 0 Å². The van der Waals surface area contributed by atoms with Crippen LogP contribution in [0.5, 0.6) is 0 Å². The molecular formula is C26H50O3. The lowest BCUT2D eigenvalue weighted by molar-refractivity contribution is -0.144. The van der Waals surface area contributed by atoms with Gasteiger partial charge < -0.3 is 9.84 Å². The number of hydrogen-bond donors (Lipinski definition) is 1. The van der Waals surface area contributed by atoms with Gasteiger partial charge in [-0.15, -0.1) is 0 Å². The summed E-state index contributed by atoms with van der Waals surface area (Å²) in [6.45, 7) is 13.6. The maximum absolute atomic E-state index is 11.6. The second kappa shape index (κ2) is 18.0. The Balaban J connectivity index is 3.70. The number of carbonyl (C=O) groups is 1. The van der Waals surface area contributed by atoms with Crippen LogP contribution in [0.2, 0.25) is 0 Å². The Labute approximate surface area is 181 Å². The van der Waals surface area contributed by atoms with Crippen molar-refractivity contribution >= 4 is 5.97 Å². The quantitative estimate of drug-likeness (QED) is 0.188. The molecule has 0 fully saturated rings. The van der Waals surface area contributed by atoms with Crippen LogP contribution in [0, 0.1) is 17.8 Å². The van der Waals surface area contributed by atoms with E-state index >= 15 is 0 Å². The van der Waals surface area contributed by atoms with Crippen LogP contribution in [0.25, 0.3) is 0 Å². The molecule has 172 valence electrons. The van der Waals surface area contributed by atoms with Gasteiger partial charge >= 0.3 is 5.97 Å². The summed E-state index contributed by atoms with van der Waals surface area (Å²) in [4.78, 5) is 11.6. The minimum Gasteiger partial charge on any atom is -0.466 e. The molecule has 0 saturated heterocycles. The SMILES string of the molecule is C/C(=C\CCC(=O)OCCC(C)O)CCCC(C)CCCC(C)CCCC(C)C. The number of aliphatic hydroxyl groups is 1. The number of ether oxygens (including phenoxy) is 1. The molecule has 3 heteroatoms. The van der Waals surface area contributed by atoms with Crippen molar-refractivity contribution in [2.75, 3.05) is 6.61 Å². The van der Waals surface area contributed by atoms with Crippen LogP contribution in [0.4, 0.5) is 0 Å². The van der Waals surface area contributed by atoms with E-state index in [9.17, 15) is 4.79 Å². The molecule has 0 amide bonds. The lowest BCUT2D eigenvalue weighted by atomic mass is 9.91. The van der Waals surface area contributed by atoms with Crippen LogP contribution in [-0.4, -0.2) is 23.8 Å². The molecule has 1 N–H and O–H groups in total. The molecule has 3 unspecified atom stereocenters. The minimum atomic E-state index is -0.412. The monoisotopic (exact) mass is 410 g/mol. The molecule has 0 aromatic carbocycles. The van der Waals surface area contributed by atoms with Crippen LogP contribution < -0.4 is 0 Å². The van der Waals surface area contributed by atoms with Gasteiger partial charge in [-0.05, 0) is 50.9 Å². The van der Waals surface area contributed by atoms with Crippen molar-refractivity contribution in [1.82, 2.24) is 0 Å². The van der Waals surface area contributed by atoms with Crippen molar-refractivity contribution < 1.29 is 14.6 Å². The molecule has 0 saturated carbocycles. The van der Waals surface area contributed by atoms with Crippen molar-refractivity contribution in [3.05, 3.63) is 11.6 Å². The van der Waals surface area contributed by atoms with Gasteiger partial charge in [0.15, 0.2) is 0 Å². The number of aliphatic hydroxyl groups excluding tert-OH is 1. The molecule has 0 aromatic heterocycles. The lowest BCUT2D eigenvalue weighted by Crippen LogP contribution is -2.10. The van der Waals surface area contributed by atoms with Crippen molar-refractivity contribution in [1.29, 1.82) is 0 Å². The van der Waals surface area contributed by atoms with E-state index in [0.29, 0.717) is 19.4 Å². The third-order valence-electron chi connectivity index (χ3n) is 5.78. The van der Waals surface area contributed by atoms with Gasteiger partial charge in [-0.3, -0.25) is 4.79 Å². The first-order valence-electron chi connectivity index (χ1n) is 12.2. The van der Waals surface area contributed by atoms with E-state index in [1.165, 1.54) is 56.9 Å². The Bertz CT molecular complexity index is 426. The zero-order valence-corrected chi connectivity index (χ0v) is 20.3. The summed E-state index contributed by atoms with van der Waals surface area (Å²) in [6, 6.07) is 0. The van der Waals surface area contributed by atoms with E-state index in [4.69, 9.17) is 9.84 Å². The Kier molecular flexibility index (Phi) is 17.5. The highest BCUT2D eigenvalue weighted by atomic mass is 16.5. The van der Waals surface area contributed by atoms with Crippen molar-refractivity contribution in [2.45, 2.75) is 125 Å². The van der Waals surface area contributed by atoms with Crippen molar-refractivity contribution in [3.63, 3.8) is 0 Å². The number of hydrogen-bond acceptors (Lipinski definition) is 3. The molecule has 0 radical (unpaired) electrons. The molecule has 0 spiro atoms. The third kappa shape index (κ3) is 20.2. The van der Waals surface area contributed by atoms with Gasteiger partial charge in [0.25, 0.3) is 0 Å². The first kappa shape index (κ1) is 28.2. The average molecular weight is 411 g/mol. The summed E-state index contributed by atoms with van der Waals surface area (Å²) < 4.78 is 5.11. The summed E-state index contributed by atoms with van der Waals surface area (Å²) in [5.74, 6) is 2.37. The molecule has 3 nitrogen and oxygen atoms in total. The van der Waals surface area contributed by atoms with Gasteiger partial charge in [0.05, 0.1) is 12.7 Å². The zero-order valence-electron chi connectivity index (χ0n) is 20.3. The fraction of sp³-hybridized carbons (Fsp3) is 0.885. The summed E-state index contributed by atoms with van der Waals surface area (Å²) >= 11 is 0. The Morgan fingerprint density at radius 3 is 1.93 bits per heavy atom. The van der Waals surface area contributed by atoms with Crippen LogP contribution in [0.15, 0.2) is 11.6 Å². The average Bonchev–Trinajstić information content (AvgIpc) is 2.61. The van der Waals surface area contributed by atoms with Gasteiger partial charge in [0.2, 0.25) is 0 Å². The van der Waals surface area contributed by atoms with E-state index < -0.39 is 6.10 Å². The van der Waals surface area contributed by atoms with E-state index in [1.807, 2.05) is 0 Å². The van der Waals surface area contributed by atoms with Crippen LogP contribution in [0.3, 0.4) is 0 Å². The van der Waals surface area contributed by atoms with Crippen LogP contribution in [0.1, 0.15) is 119 Å². The topological polar surface area (TPSA) is 46.5 Å². The second-order valence-electron chi connectivity index (χ2n) is 9.81. The maximum Gasteiger partial charge on any atom is 0.306 e. The molecule has 0 heterocycles. The Hall–Kier alpha value is -0.830. The predicted octanol–water partition coefficient (Wildman–Crippen LogP) is 7.47. The van der Waals surface area contributed by atoms with E-state index in [0.717, 1.165) is 30.6 Å². The lowest BCUT2D eigenvalue weighted by Gasteiger charge is -2.15. The zero-order chi connectivity index (χ0) is 22.1. The van der Waals surface area contributed by atoms with E-state index in [1.54, 1.807) is 6.92 Å². The molecule has 0 aliphatic heterocycles. The largest absolute Gasteiger partial charge is 0.466 e. The molecular weight excluding hydrogens is 360 g/mol. The number of rotatable bonds is 18. The molecule has 3 atom stereocenters. The van der Waals surface area contributed by atoms with E-state index in [-0.39, 0.29) is 5.97 Å². The first-order valence-corrected chi connectivity index (χ1v) is 12.2. The fourth-order valence-electron chi connectivity index (χ4n) is 3.66. The van der Waals surface area contributed by atoms with Gasteiger partial charge in [-0.25, -0.2) is 0 Å². The molecule has 0 aliphatic rings. The fourth-order valence-corrected chi connectivity index (χ4v) is 3.66. The van der Waals surface area contributed by atoms with Crippen LogP contribution >= 0.6 is 0 Å². The van der Waals surface area contributed by atoms with Crippen molar-refractivity contribution in [3.8, 4) is 0 Å². The highest BCUT2D eigenvalue weighted by Gasteiger charge is 2.07. The number of carbonyl (C=O) groups excluding carboxylic acids is 1. The molecule has 0 aliphatic carbocycles. The number of allylic oxidation sites excluding steroid dienone is 2. The van der Waals surface area contributed by atoms with Crippen LogP contribution in [-0.2, 0) is 9.53 Å². The molecule has 0 rings (SSSR count). The molecule has 29 heavy (non-hydrogen) atoms. The summed E-state index contributed by atoms with van der Waals surface area (Å²) in [5.41, 5.74) is 1.38. The first-order chi connectivity index (χ1) is 13.7. The van der Waals surface area contributed by atoms with E-state index in [2.05, 4.69) is 40.7 Å². The predicted molar refractivity (Wildman–Crippen MR) is 125 cm³/mol. The molecule has 0 bridgehead atoms. The van der Waals surface area contributed by atoms with Crippen molar-refractivity contribution in [2.24, 2.45) is 17.8 Å². The molecule has 0 aromatic rings. The number of esters is 1. The normalized spacial score (nSPS) is 15.4. The van der Waals surface area contributed by atoms with Gasteiger partial charge in [-0.1, -0.05) is 84.3 Å². The Morgan fingerprint density at radius 1 is 0.828 bits per heavy atom. The summed E-state index contributed by atoms with van der Waals surface area (Å²) in [7, 11) is 0. The maximum atomic E-state index is 11.6. The third-order valence-corrected chi connectivity index (χ3v) is 5.78. The summed E-state index contributed by atoms with van der Waals surface area (Å²) in [5, 5.41) is 9.15. The minimum absolute atomic E-state index is 0.165. The second-order valence-corrected chi connectivity index (χ2v) is 9.81. The summed E-state index contributed by atoms with van der Waals surface area (Å²) in [6.07, 6.45) is 15.4.